The molecule has 3 aromatic rings. The van der Waals surface area contributed by atoms with Gasteiger partial charge in [-0.1, -0.05) is 29.8 Å². The molecule has 0 unspecified atom stereocenters. The van der Waals surface area contributed by atoms with Gasteiger partial charge in [0.25, 0.3) is 5.91 Å². The molecule has 0 aliphatic carbocycles. The number of aromatic nitrogens is 1. The number of carbonyl (C=O) groups excluding carboxylic acids is 2. The molecule has 0 spiro atoms. The molecular formula is C22H21N3O3. The van der Waals surface area contributed by atoms with Crippen LogP contribution in [0.25, 0.3) is 0 Å². The molecule has 0 aliphatic heterocycles. The highest BCUT2D eigenvalue weighted by Crippen LogP contribution is 2.13. The molecule has 28 heavy (non-hydrogen) atoms. The first-order valence-corrected chi connectivity index (χ1v) is 8.80. The minimum absolute atomic E-state index is 0.275. The van der Waals surface area contributed by atoms with Gasteiger partial charge in [-0.05, 0) is 48.9 Å². The zero-order chi connectivity index (χ0) is 19.9. The van der Waals surface area contributed by atoms with Crippen molar-refractivity contribution in [1.82, 2.24) is 4.98 Å². The highest BCUT2D eigenvalue weighted by Gasteiger charge is 2.09. The number of pyridine rings is 1. The normalized spacial score (nSPS) is 10.2. The number of nitrogens with zero attached hydrogens (tertiary/aromatic N) is 1. The summed E-state index contributed by atoms with van der Waals surface area (Å²) >= 11 is 0. The first kappa shape index (κ1) is 19.1. The predicted molar refractivity (Wildman–Crippen MR) is 108 cm³/mol. The molecule has 1 heterocycles. The van der Waals surface area contributed by atoms with Gasteiger partial charge in [0.05, 0.1) is 18.2 Å². The Morgan fingerprint density at radius 1 is 0.929 bits per heavy atom. The standard InChI is InChI=1S/C22H21N3O3/c1-15-3-5-16(6-4-15)13-23-20-12-9-18(14-24-20)21(26)25-19-10-7-17(8-11-19)22(27)28-2/h3-12,14H,13H2,1-2H3,(H,23,24)(H,25,26). The van der Waals surface area contributed by atoms with Crippen molar-refractivity contribution in [3.05, 3.63) is 89.1 Å². The quantitative estimate of drug-likeness (QED) is 0.636. The van der Waals surface area contributed by atoms with Crippen molar-refractivity contribution >= 4 is 23.4 Å². The number of methoxy groups -OCH3 is 1. The van der Waals surface area contributed by atoms with Crippen molar-refractivity contribution in [2.75, 3.05) is 17.7 Å². The Morgan fingerprint density at radius 2 is 1.61 bits per heavy atom. The third-order valence-corrected chi connectivity index (χ3v) is 4.18. The van der Waals surface area contributed by atoms with Crippen LogP contribution in [0.3, 0.4) is 0 Å². The fourth-order valence-electron chi connectivity index (χ4n) is 2.54. The minimum atomic E-state index is -0.421. The lowest BCUT2D eigenvalue weighted by Crippen LogP contribution is -2.13. The van der Waals surface area contributed by atoms with E-state index in [1.165, 1.54) is 18.9 Å². The number of amides is 1. The topological polar surface area (TPSA) is 80.3 Å². The van der Waals surface area contributed by atoms with E-state index in [0.29, 0.717) is 29.2 Å². The number of nitrogens with one attached hydrogen (secondary N) is 2. The smallest absolute Gasteiger partial charge is 0.337 e. The van der Waals surface area contributed by atoms with Crippen LogP contribution < -0.4 is 10.6 Å². The second kappa shape index (κ2) is 8.81. The van der Waals surface area contributed by atoms with Gasteiger partial charge in [-0.25, -0.2) is 9.78 Å². The molecule has 3 rings (SSSR count). The number of hydrogen-bond donors (Lipinski definition) is 2. The van der Waals surface area contributed by atoms with Crippen molar-refractivity contribution in [3.8, 4) is 0 Å². The minimum Gasteiger partial charge on any atom is -0.465 e. The molecule has 0 fully saturated rings. The van der Waals surface area contributed by atoms with E-state index in [4.69, 9.17) is 0 Å². The Kier molecular flexibility index (Phi) is 6.01. The lowest BCUT2D eigenvalue weighted by Gasteiger charge is -2.08. The number of carbonyl (C=O) groups is 2. The number of benzene rings is 2. The monoisotopic (exact) mass is 375 g/mol. The molecule has 142 valence electrons. The van der Waals surface area contributed by atoms with Gasteiger partial charge in [-0.3, -0.25) is 4.79 Å². The summed E-state index contributed by atoms with van der Waals surface area (Å²) in [5, 5.41) is 6.01. The Bertz CT molecular complexity index is 950. The Labute approximate surface area is 163 Å². The van der Waals surface area contributed by atoms with Gasteiger partial charge in [0.1, 0.15) is 5.82 Å². The molecule has 0 bridgehead atoms. The van der Waals surface area contributed by atoms with Gasteiger partial charge in [-0.15, -0.1) is 0 Å². The summed E-state index contributed by atoms with van der Waals surface area (Å²) in [6, 6.07) is 18.2. The van der Waals surface area contributed by atoms with E-state index in [-0.39, 0.29) is 5.91 Å². The molecule has 1 aromatic heterocycles. The third-order valence-electron chi connectivity index (χ3n) is 4.18. The van der Waals surface area contributed by atoms with E-state index in [0.717, 1.165) is 5.56 Å². The molecule has 1 amide bonds. The first-order chi connectivity index (χ1) is 13.5. The third kappa shape index (κ3) is 4.94. The van der Waals surface area contributed by atoms with Crippen LogP contribution in [0.15, 0.2) is 66.9 Å². The predicted octanol–water partition coefficient (Wildman–Crippen LogP) is 4.04. The average molecular weight is 375 g/mol. The number of anilines is 2. The molecule has 6 nitrogen and oxygen atoms in total. The van der Waals surface area contributed by atoms with Crippen LogP contribution in [0.2, 0.25) is 0 Å². The van der Waals surface area contributed by atoms with Gasteiger partial charge in [-0.2, -0.15) is 0 Å². The fraction of sp³-hybridized carbons (Fsp3) is 0.136. The largest absolute Gasteiger partial charge is 0.465 e. The highest BCUT2D eigenvalue weighted by molar-refractivity contribution is 6.04. The maximum atomic E-state index is 12.3. The van der Waals surface area contributed by atoms with Gasteiger partial charge in [0.15, 0.2) is 0 Å². The number of hydrogen-bond acceptors (Lipinski definition) is 5. The van der Waals surface area contributed by atoms with Crippen LogP contribution in [-0.2, 0) is 11.3 Å². The van der Waals surface area contributed by atoms with E-state index in [9.17, 15) is 9.59 Å². The van der Waals surface area contributed by atoms with E-state index in [1.807, 2.05) is 0 Å². The molecule has 0 radical (unpaired) electrons. The summed E-state index contributed by atoms with van der Waals surface area (Å²) in [5.74, 6) is -0.00115. The summed E-state index contributed by atoms with van der Waals surface area (Å²) in [5.41, 5.74) is 3.82. The van der Waals surface area contributed by atoms with E-state index < -0.39 is 5.97 Å². The Morgan fingerprint density at radius 3 is 2.21 bits per heavy atom. The lowest BCUT2D eigenvalue weighted by atomic mass is 10.1. The van der Waals surface area contributed by atoms with Gasteiger partial charge < -0.3 is 15.4 Å². The van der Waals surface area contributed by atoms with Crippen molar-refractivity contribution in [2.24, 2.45) is 0 Å². The molecule has 0 aliphatic rings. The molecule has 6 heteroatoms. The van der Waals surface area contributed by atoms with Crippen molar-refractivity contribution < 1.29 is 14.3 Å². The van der Waals surface area contributed by atoms with Gasteiger partial charge in [0, 0.05) is 18.4 Å². The molecule has 0 atom stereocenters. The van der Waals surface area contributed by atoms with Crippen LogP contribution in [-0.4, -0.2) is 24.0 Å². The number of esters is 1. The second-order valence-corrected chi connectivity index (χ2v) is 6.29. The zero-order valence-electron chi connectivity index (χ0n) is 15.7. The number of ether oxygens (including phenoxy) is 1. The molecular weight excluding hydrogens is 354 g/mol. The molecule has 0 saturated heterocycles. The van der Waals surface area contributed by atoms with Crippen LogP contribution in [0.1, 0.15) is 31.8 Å². The molecule has 2 N–H and O–H groups in total. The lowest BCUT2D eigenvalue weighted by molar-refractivity contribution is 0.0600. The first-order valence-electron chi connectivity index (χ1n) is 8.80. The van der Waals surface area contributed by atoms with Crippen molar-refractivity contribution in [1.29, 1.82) is 0 Å². The number of aryl methyl sites for hydroxylation is 1. The molecule has 0 saturated carbocycles. The van der Waals surface area contributed by atoms with E-state index >= 15 is 0 Å². The zero-order valence-corrected chi connectivity index (χ0v) is 15.7. The van der Waals surface area contributed by atoms with Crippen LogP contribution in [0.4, 0.5) is 11.5 Å². The molecule has 2 aromatic carbocycles. The Hall–Kier alpha value is -3.67. The van der Waals surface area contributed by atoms with Crippen molar-refractivity contribution in [2.45, 2.75) is 13.5 Å². The average Bonchev–Trinajstić information content (AvgIpc) is 2.73. The van der Waals surface area contributed by atoms with Gasteiger partial charge in [0.2, 0.25) is 0 Å². The summed E-state index contributed by atoms with van der Waals surface area (Å²) in [6.45, 7) is 2.71. The summed E-state index contributed by atoms with van der Waals surface area (Å²) in [7, 11) is 1.32. The van der Waals surface area contributed by atoms with E-state index in [2.05, 4.69) is 51.5 Å². The Balaban J connectivity index is 1.57. The maximum absolute atomic E-state index is 12.3. The van der Waals surface area contributed by atoms with Gasteiger partial charge >= 0.3 is 5.97 Å². The summed E-state index contributed by atoms with van der Waals surface area (Å²) in [6.07, 6.45) is 1.52. The SMILES string of the molecule is COC(=O)c1ccc(NC(=O)c2ccc(NCc3ccc(C)cc3)nc2)cc1. The number of rotatable bonds is 6. The van der Waals surface area contributed by atoms with Crippen molar-refractivity contribution in [3.63, 3.8) is 0 Å². The van der Waals surface area contributed by atoms with E-state index in [1.54, 1.807) is 36.4 Å². The summed E-state index contributed by atoms with van der Waals surface area (Å²) < 4.78 is 4.65. The maximum Gasteiger partial charge on any atom is 0.337 e. The van der Waals surface area contributed by atoms with Crippen LogP contribution >= 0.6 is 0 Å². The van der Waals surface area contributed by atoms with Crippen LogP contribution in [0.5, 0.6) is 0 Å². The summed E-state index contributed by atoms with van der Waals surface area (Å²) in [4.78, 5) is 28.1. The highest BCUT2D eigenvalue weighted by atomic mass is 16.5. The second-order valence-electron chi connectivity index (χ2n) is 6.29. The fourth-order valence-corrected chi connectivity index (χ4v) is 2.54. The van der Waals surface area contributed by atoms with Crippen LogP contribution in [0, 0.1) is 6.92 Å².